The van der Waals surface area contributed by atoms with E-state index in [2.05, 4.69) is 0 Å². The van der Waals surface area contributed by atoms with Gasteiger partial charge in [-0.2, -0.15) is 0 Å². The zero-order valence-corrected chi connectivity index (χ0v) is 20.9. The molecule has 1 aromatic rings. The number of Topliss-reactive ketones (excluding diaryl/α,β-unsaturated/α-hetero) is 2. The van der Waals surface area contributed by atoms with Crippen molar-refractivity contribution in [1.29, 1.82) is 0 Å². The SMILES string of the molecule is CCO.CN(C)c1ccc(O)c2c1C[C@H]1C[C@H]3[C@H](N(C)C)C(=O)C(C(N)=O)=C(O)[C@@]3(O)C(=O)C1=C2O. The average molecular weight is 504 g/mol. The molecular formula is C25H33N3O8. The molecule has 3 aliphatic rings. The van der Waals surface area contributed by atoms with Crippen LogP contribution >= 0.6 is 0 Å². The second kappa shape index (κ2) is 9.57. The molecular weight excluding hydrogens is 470 g/mol. The molecule has 0 aliphatic heterocycles. The standard InChI is InChI=1S/C23H27N3O7.C2H6O/c1-25(2)12-5-6-13(27)15-10(12)7-9-8-11-17(26(3)4)19(29)16(22(24)32)21(31)23(11,33)20(30)14(9)18(15)28;1-2-3/h5-6,9,11,17,27-28,31,33H,7-8H2,1-4H3,(H2,24,32);3H,2H2,1H3/t9-,11-,17-,23-;/m0./s1. The molecule has 0 spiro atoms. The fourth-order valence-corrected chi connectivity index (χ4v) is 5.65. The Balaban J connectivity index is 0.00000115. The minimum absolute atomic E-state index is 0.0638. The Morgan fingerprint density at radius 2 is 1.72 bits per heavy atom. The van der Waals surface area contributed by atoms with Gasteiger partial charge in [0.05, 0.1) is 11.6 Å². The summed E-state index contributed by atoms with van der Waals surface area (Å²) in [5.41, 5.74) is 3.15. The summed E-state index contributed by atoms with van der Waals surface area (Å²) in [7, 11) is 6.75. The van der Waals surface area contributed by atoms with Crippen molar-refractivity contribution in [3.63, 3.8) is 0 Å². The minimum Gasteiger partial charge on any atom is -0.508 e. The van der Waals surface area contributed by atoms with Crippen LogP contribution in [0.3, 0.4) is 0 Å². The molecule has 0 aromatic heterocycles. The van der Waals surface area contributed by atoms with E-state index in [9.17, 15) is 34.8 Å². The second-order valence-corrected chi connectivity index (χ2v) is 9.63. The monoisotopic (exact) mass is 503 g/mol. The van der Waals surface area contributed by atoms with Crippen molar-refractivity contribution < 1.29 is 39.9 Å². The molecule has 4 atom stereocenters. The molecule has 0 bridgehead atoms. The first kappa shape index (κ1) is 27.2. The summed E-state index contributed by atoms with van der Waals surface area (Å²) in [5, 5.41) is 51.5. The van der Waals surface area contributed by atoms with E-state index in [1.165, 1.54) is 11.0 Å². The van der Waals surface area contributed by atoms with E-state index < -0.39 is 58.0 Å². The van der Waals surface area contributed by atoms with Crippen LogP contribution in [0.5, 0.6) is 5.75 Å². The number of likely N-dealkylation sites (N-methyl/N-ethyl adjacent to an activating group) is 1. The van der Waals surface area contributed by atoms with Crippen LogP contribution in [0.25, 0.3) is 5.76 Å². The van der Waals surface area contributed by atoms with E-state index in [1.54, 1.807) is 27.1 Å². The Kier molecular flexibility index (Phi) is 7.22. The molecule has 4 rings (SSSR count). The van der Waals surface area contributed by atoms with Crippen LogP contribution < -0.4 is 10.6 Å². The summed E-state index contributed by atoms with van der Waals surface area (Å²) < 4.78 is 0. The Bertz CT molecular complexity index is 1190. The largest absolute Gasteiger partial charge is 0.508 e. The molecule has 1 aromatic carbocycles. The van der Waals surface area contributed by atoms with Crippen molar-refractivity contribution in [3.05, 3.63) is 40.2 Å². The van der Waals surface area contributed by atoms with Gasteiger partial charge in [-0.3, -0.25) is 19.3 Å². The highest BCUT2D eigenvalue weighted by Crippen LogP contribution is 2.53. The third kappa shape index (κ3) is 3.83. The number of fused-ring (bicyclic) bond motifs is 3. The lowest BCUT2D eigenvalue weighted by Crippen LogP contribution is -2.65. The first-order valence-corrected chi connectivity index (χ1v) is 11.5. The third-order valence-electron chi connectivity index (χ3n) is 7.06. The normalized spacial score (nSPS) is 27.2. The highest BCUT2D eigenvalue weighted by atomic mass is 16.3. The lowest BCUT2D eigenvalue weighted by atomic mass is 9.57. The lowest BCUT2D eigenvalue weighted by Gasteiger charge is -2.50. The molecule has 0 radical (unpaired) electrons. The molecule has 1 fully saturated rings. The van der Waals surface area contributed by atoms with E-state index in [-0.39, 0.29) is 36.3 Å². The van der Waals surface area contributed by atoms with Crippen LogP contribution in [-0.2, 0) is 20.8 Å². The Labute approximate surface area is 208 Å². The summed E-state index contributed by atoms with van der Waals surface area (Å²) >= 11 is 0. The van der Waals surface area contributed by atoms with Crippen molar-refractivity contribution in [3.8, 4) is 5.75 Å². The van der Waals surface area contributed by atoms with Gasteiger partial charge in [0.25, 0.3) is 5.91 Å². The number of aliphatic hydroxyl groups excluding tert-OH is 3. The predicted octanol–water partition coefficient (Wildman–Crippen LogP) is 0.0286. The lowest BCUT2D eigenvalue weighted by molar-refractivity contribution is -0.153. The van der Waals surface area contributed by atoms with Gasteiger partial charge in [0, 0.05) is 37.9 Å². The maximum atomic E-state index is 13.7. The van der Waals surface area contributed by atoms with Crippen molar-refractivity contribution in [2.24, 2.45) is 17.6 Å². The summed E-state index contributed by atoms with van der Waals surface area (Å²) in [6.07, 6.45) is 0.324. The van der Waals surface area contributed by atoms with Gasteiger partial charge in [-0.05, 0) is 57.5 Å². The average Bonchev–Trinajstić information content (AvgIpc) is 2.76. The van der Waals surface area contributed by atoms with E-state index in [1.807, 2.05) is 19.0 Å². The van der Waals surface area contributed by atoms with Gasteiger partial charge in [0.1, 0.15) is 22.8 Å². The van der Waals surface area contributed by atoms with E-state index in [0.717, 1.165) is 5.69 Å². The number of phenols is 1. The van der Waals surface area contributed by atoms with Crippen LogP contribution in [0.15, 0.2) is 29.0 Å². The van der Waals surface area contributed by atoms with E-state index >= 15 is 0 Å². The number of anilines is 1. The van der Waals surface area contributed by atoms with Gasteiger partial charge in [-0.25, -0.2) is 0 Å². The Morgan fingerprint density at radius 3 is 2.22 bits per heavy atom. The number of phenolic OH excluding ortho intramolecular Hbond substituents is 1. The summed E-state index contributed by atoms with van der Waals surface area (Å²) in [4.78, 5) is 42.0. The topological polar surface area (TPSA) is 185 Å². The molecule has 0 unspecified atom stereocenters. The summed E-state index contributed by atoms with van der Waals surface area (Å²) in [5.74, 6) is -6.54. The number of hydrogen-bond donors (Lipinski definition) is 6. The number of hydrogen-bond acceptors (Lipinski definition) is 10. The number of rotatable bonds is 3. The number of benzene rings is 1. The Hall–Kier alpha value is -3.41. The van der Waals surface area contributed by atoms with Gasteiger partial charge < -0.3 is 36.2 Å². The molecule has 11 nitrogen and oxygen atoms in total. The van der Waals surface area contributed by atoms with Crippen LogP contribution in [0.2, 0.25) is 0 Å². The zero-order valence-electron chi connectivity index (χ0n) is 20.9. The van der Waals surface area contributed by atoms with E-state index in [4.69, 9.17) is 10.8 Å². The van der Waals surface area contributed by atoms with Crippen LogP contribution in [-0.4, -0.2) is 94.3 Å². The van der Waals surface area contributed by atoms with Gasteiger partial charge in [0.2, 0.25) is 5.78 Å². The van der Waals surface area contributed by atoms with Crippen LogP contribution in [0.1, 0.15) is 24.5 Å². The molecule has 0 heterocycles. The van der Waals surface area contributed by atoms with Crippen molar-refractivity contribution in [1.82, 2.24) is 4.90 Å². The fourth-order valence-electron chi connectivity index (χ4n) is 5.65. The number of nitrogens with two attached hydrogens (primary N) is 1. The number of ketones is 2. The molecule has 11 heteroatoms. The number of carbonyl (C=O) groups excluding carboxylic acids is 3. The first-order chi connectivity index (χ1) is 16.7. The number of carbonyl (C=O) groups is 3. The molecule has 36 heavy (non-hydrogen) atoms. The Morgan fingerprint density at radius 1 is 1.14 bits per heavy atom. The first-order valence-electron chi connectivity index (χ1n) is 11.5. The zero-order chi connectivity index (χ0) is 27.3. The van der Waals surface area contributed by atoms with Crippen LogP contribution in [0, 0.1) is 11.8 Å². The number of aliphatic hydroxyl groups is 4. The number of primary amides is 1. The van der Waals surface area contributed by atoms with Crippen molar-refractivity contribution in [2.45, 2.75) is 31.4 Å². The van der Waals surface area contributed by atoms with Gasteiger partial charge in [-0.1, -0.05) is 0 Å². The van der Waals surface area contributed by atoms with Gasteiger partial charge in [0.15, 0.2) is 11.4 Å². The maximum absolute atomic E-state index is 13.7. The highest BCUT2D eigenvalue weighted by molar-refractivity contribution is 6.24. The molecule has 3 aliphatic carbocycles. The van der Waals surface area contributed by atoms with Gasteiger partial charge in [-0.15, -0.1) is 0 Å². The number of amides is 1. The smallest absolute Gasteiger partial charge is 0.255 e. The number of aromatic hydroxyl groups is 1. The van der Waals surface area contributed by atoms with E-state index in [0.29, 0.717) is 5.56 Å². The van der Waals surface area contributed by atoms with Crippen LogP contribution in [0.4, 0.5) is 5.69 Å². The van der Waals surface area contributed by atoms with Crippen molar-refractivity contribution >= 4 is 28.9 Å². The summed E-state index contributed by atoms with van der Waals surface area (Å²) in [6, 6.07) is 2.01. The fraction of sp³-hybridized carbons (Fsp3) is 0.480. The summed E-state index contributed by atoms with van der Waals surface area (Å²) in [6.45, 7) is 1.93. The molecule has 7 N–H and O–H groups in total. The molecule has 0 saturated heterocycles. The molecule has 1 amide bonds. The third-order valence-corrected chi connectivity index (χ3v) is 7.06. The highest BCUT2D eigenvalue weighted by Gasteiger charge is 2.64. The van der Waals surface area contributed by atoms with Crippen molar-refractivity contribution in [2.75, 3.05) is 39.7 Å². The number of nitrogens with zero attached hydrogens (tertiary/aromatic N) is 2. The molecule has 196 valence electrons. The maximum Gasteiger partial charge on any atom is 0.255 e. The predicted molar refractivity (Wildman–Crippen MR) is 131 cm³/mol. The second-order valence-electron chi connectivity index (χ2n) is 9.63. The van der Waals surface area contributed by atoms with Gasteiger partial charge >= 0.3 is 0 Å². The minimum atomic E-state index is -2.63. The quantitative estimate of drug-likeness (QED) is 0.307. The molecule has 1 saturated carbocycles.